The van der Waals surface area contributed by atoms with Crippen LogP contribution in [0, 0.1) is 5.92 Å². The molecule has 1 aromatic heterocycles. The van der Waals surface area contributed by atoms with Crippen molar-refractivity contribution in [1.82, 2.24) is 9.88 Å². The van der Waals surface area contributed by atoms with Crippen molar-refractivity contribution in [3.63, 3.8) is 0 Å². The second-order valence-corrected chi connectivity index (χ2v) is 5.88. The molecule has 0 atom stereocenters. The Hall–Kier alpha value is -1.42. The molecule has 4 heteroatoms. The Morgan fingerprint density at radius 3 is 2.75 bits per heavy atom. The van der Waals surface area contributed by atoms with Gasteiger partial charge in [0.1, 0.15) is 5.82 Å². The van der Waals surface area contributed by atoms with E-state index < -0.39 is 0 Å². The number of hydrogen-bond donors (Lipinski definition) is 0. The lowest BCUT2D eigenvalue weighted by molar-refractivity contribution is 0.112. The van der Waals surface area contributed by atoms with Gasteiger partial charge in [-0.3, -0.25) is 4.79 Å². The van der Waals surface area contributed by atoms with Crippen molar-refractivity contribution in [1.29, 1.82) is 0 Å². The van der Waals surface area contributed by atoms with E-state index in [1.807, 2.05) is 12.1 Å². The Morgan fingerprint density at radius 2 is 2.15 bits per heavy atom. The van der Waals surface area contributed by atoms with E-state index in [2.05, 4.69) is 28.9 Å². The van der Waals surface area contributed by atoms with E-state index in [4.69, 9.17) is 0 Å². The van der Waals surface area contributed by atoms with Gasteiger partial charge in [-0.05, 0) is 63.9 Å². The second-order valence-electron chi connectivity index (χ2n) is 5.88. The first-order valence-electron chi connectivity index (χ1n) is 7.50. The highest BCUT2D eigenvalue weighted by molar-refractivity contribution is 5.74. The fourth-order valence-electron chi connectivity index (χ4n) is 2.78. The van der Waals surface area contributed by atoms with Crippen molar-refractivity contribution >= 4 is 12.1 Å². The third kappa shape index (κ3) is 4.30. The Morgan fingerprint density at radius 1 is 1.40 bits per heavy atom. The van der Waals surface area contributed by atoms with Crippen molar-refractivity contribution < 1.29 is 4.79 Å². The van der Waals surface area contributed by atoms with E-state index in [0.29, 0.717) is 5.56 Å². The topological polar surface area (TPSA) is 36.4 Å². The lowest BCUT2D eigenvalue weighted by Crippen LogP contribution is -2.30. The predicted molar refractivity (Wildman–Crippen MR) is 82.3 cm³/mol. The lowest BCUT2D eigenvalue weighted by Gasteiger charge is -2.29. The molecule has 0 amide bonds. The monoisotopic (exact) mass is 275 g/mol. The summed E-state index contributed by atoms with van der Waals surface area (Å²) in [6, 6.07) is 3.74. The highest BCUT2D eigenvalue weighted by Gasteiger charge is 2.16. The molecule has 20 heavy (non-hydrogen) atoms. The molecule has 1 aliphatic rings. The fraction of sp³-hybridized carbons (Fsp3) is 0.625. The molecule has 1 fully saturated rings. The maximum Gasteiger partial charge on any atom is 0.151 e. The summed E-state index contributed by atoms with van der Waals surface area (Å²) in [5, 5.41) is 0. The van der Waals surface area contributed by atoms with Crippen molar-refractivity contribution in [2.75, 3.05) is 38.6 Å². The van der Waals surface area contributed by atoms with Crippen LogP contribution in [0.15, 0.2) is 18.3 Å². The van der Waals surface area contributed by atoms with E-state index >= 15 is 0 Å². The number of aromatic nitrogens is 1. The molecule has 0 N–H and O–H groups in total. The SMILES string of the molecule is CN1CCC(CCCN(C)c2ccc(C=O)cn2)CC1. The zero-order valence-electron chi connectivity index (χ0n) is 12.6. The second kappa shape index (κ2) is 7.39. The molecular weight excluding hydrogens is 250 g/mol. The number of hydrogen-bond acceptors (Lipinski definition) is 4. The van der Waals surface area contributed by atoms with Crippen molar-refractivity contribution in [3.05, 3.63) is 23.9 Å². The van der Waals surface area contributed by atoms with Crippen molar-refractivity contribution in [2.24, 2.45) is 5.92 Å². The molecule has 0 saturated carbocycles. The van der Waals surface area contributed by atoms with Gasteiger partial charge in [0.2, 0.25) is 0 Å². The number of carbonyl (C=O) groups is 1. The highest BCUT2D eigenvalue weighted by Crippen LogP contribution is 2.21. The number of pyridine rings is 1. The molecular formula is C16H25N3O. The van der Waals surface area contributed by atoms with Gasteiger partial charge in [0, 0.05) is 25.4 Å². The molecule has 4 nitrogen and oxygen atoms in total. The number of piperidine rings is 1. The van der Waals surface area contributed by atoms with Gasteiger partial charge in [0.05, 0.1) is 0 Å². The van der Waals surface area contributed by atoms with Crippen LogP contribution >= 0.6 is 0 Å². The van der Waals surface area contributed by atoms with Crippen LogP contribution in [0.2, 0.25) is 0 Å². The molecule has 0 spiro atoms. The average molecular weight is 275 g/mol. The van der Waals surface area contributed by atoms with Crippen LogP contribution in [0.25, 0.3) is 0 Å². The Kier molecular flexibility index (Phi) is 5.53. The van der Waals surface area contributed by atoms with Gasteiger partial charge in [-0.1, -0.05) is 0 Å². The smallest absolute Gasteiger partial charge is 0.151 e. The minimum absolute atomic E-state index is 0.633. The first-order chi connectivity index (χ1) is 9.69. The third-order valence-electron chi connectivity index (χ3n) is 4.24. The largest absolute Gasteiger partial charge is 0.360 e. The number of likely N-dealkylation sites (tertiary alicyclic amines) is 1. The van der Waals surface area contributed by atoms with E-state index in [9.17, 15) is 4.79 Å². The summed E-state index contributed by atoms with van der Waals surface area (Å²) in [6.07, 6.45) is 7.66. The molecule has 2 heterocycles. The molecule has 1 saturated heterocycles. The van der Waals surface area contributed by atoms with Crippen molar-refractivity contribution in [3.8, 4) is 0 Å². The number of carbonyl (C=O) groups excluding carboxylic acids is 1. The van der Waals surface area contributed by atoms with Crippen LogP contribution in [0.1, 0.15) is 36.0 Å². The number of anilines is 1. The van der Waals surface area contributed by atoms with Crippen LogP contribution in [-0.2, 0) is 0 Å². The van der Waals surface area contributed by atoms with Gasteiger partial charge in [-0.2, -0.15) is 0 Å². The molecule has 2 rings (SSSR count). The molecule has 1 aliphatic heterocycles. The summed E-state index contributed by atoms with van der Waals surface area (Å²) in [6.45, 7) is 3.52. The standard InChI is InChI=1S/C16H25N3O/c1-18-10-7-14(8-11-18)4-3-9-19(2)16-6-5-15(13-20)12-17-16/h5-6,12-14H,3-4,7-11H2,1-2H3. The van der Waals surface area contributed by atoms with Crippen LogP contribution in [0.5, 0.6) is 0 Å². The maximum absolute atomic E-state index is 10.6. The van der Waals surface area contributed by atoms with Gasteiger partial charge in [-0.15, -0.1) is 0 Å². The number of rotatable bonds is 6. The van der Waals surface area contributed by atoms with Gasteiger partial charge in [0.25, 0.3) is 0 Å². The molecule has 0 aliphatic carbocycles. The minimum Gasteiger partial charge on any atom is -0.360 e. The molecule has 0 radical (unpaired) electrons. The first kappa shape index (κ1) is 15.0. The third-order valence-corrected chi connectivity index (χ3v) is 4.24. The van der Waals surface area contributed by atoms with E-state index in [1.165, 1.54) is 38.8 Å². The number of aldehydes is 1. The summed E-state index contributed by atoms with van der Waals surface area (Å²) < 4.78 is 0. The van der Waals surface area contributed by atoms with E-state index in [-0.39, 0.29) is 0 Å². The van der Waals surface area contributed by atoms with Crippen LogP contribution < -0.4 is 4.90 Å². The summed E-state index contributed by atoms with van der Waals surface area (Å²) in [5.41, 5.74) is 0.633. The molecule has 110 valence electrons. The first-order valence-corrected chi connectivity index (χ1v) is 7.50. The van der Waals surface area contributed by atoms with Gasteiger partial charge >= 0.3 is 0 Å². The van der Waals surface area contributed by atoms with Gasteiger partial charge in [0.15, 0.2) is 6.29 Å². The molecule has 0 unspecified atom stereocenters. The van der Waals surface area contributed by atoms with Crippen LogP contribution in [-0.4, -0.2) is 49.9 Å². The van der Waals surface area contributed by atoms with E-state index in [0.717, 1.165) is 24.6 Å². The predicted octanol–water partition coefficient (Wildman–Crippen LogP) is 2.45. The summed E-state index contributed by atoms with van der Waals surface area (Å²) in [7, 11) is 4.27. The molecule has 0 bridgehead atoms. The Balaban J connectivity index is 1.71. The van der Waals surface area contributed by atoms with Crippen LogP contribution in [0.4, 0.5) is 5.82 Å². The Labute approximate surface area is 121 Å². The summed E-state index contributed by atoms with van der Waals surface area (Å²) >= 11 is 0. The van der Waals surface area contributed by atoms with Crippen LogP contribution in [0.3, 0.4) is 0 Å². The quantitative estimate of drug-likeness (QED) is 0.747. The molecule has 0 aromatic carbocycles. The van der Waals surface area contributed by atoms with E-state index in [1.54, 1.807) is 6.20 Å². The molecule has 1 aromatic rings. The highest BCUT2D eigenvalue weighted by atomic mass is 16.1. The average Bonchev–Trinajstić information content (AvgIpc) is 2.49. The maximum atomic E-state index is 10.6. The van der Waals surface area contributed by atoms with Crippen molar-refractivity contribution in [2.45, 2.75) is 25.7 Å². The number of nitrogens with zero attached hydrogens (tertiary/aromatic N) is 3. The van der Waals surface area contributed by atoms with Gasteiger partial charge < -0.3 is 9.80 Å². The lowest BCUT2D eigenvalue weighted by atomic mass is 9.92. The normalized spacial score (nSPS) is 17.1. The zero-order chi connectivity index (χ0) is 14.4. The summed E-state index contributed by atoms with van der Waals surface area (Å²) in [5.74, 6) is 1.84. The fourth-order valence-corrected chi connectivity index (χ4v) is 2.78. The summed E-state index contributed by atoms with van der Waals surface area (Å²) in [4.78, 5) is 19.5. The Bertz CT molecular complexity index is 410. The zero-order valence-corrected chi connectivity index (χ0v) is 12.6. The van der Waals surface area contributed by atoms with Gasteiger partial charge in [-0.25, -0.2) is 4.98 Å². The minimum atomic E-state index is 0.633.